The summed E-state index contributed by atoms with van der Waals surface area (Å²) in [6, 6.07) is 6.61. The van der Waals surface area contributed by atoms with Crippen LogP contribution in [0.2, 0.25) is 0 Å². The van der Waals surface area contributed by atoms with Crippen LogP contribution in [0.4, 0.5) is 8.78 Å². The van der Waals surface area contributed by atoms with Crippen LogP contribution < -0.4 is 0 Å². The molecule has 1 N–H and O–H groups in total. The third-order valence-electron chi connectivity index (χ3n) is 5.88. The first kappa shape index (κ1) is 21.3. The fourth-order valence-corrected chi connectivity index (χ4v) is 4.35. The van der Waals surface area contributed by atoms with Gasteiger partial charge < -0.3 is 19.4 Å². The average molecular weight is 453 g/mol. The van der Waals surface area contributed by atoms with E-state index >= 15 is 0 Å². The van der Waals surface area contributed by atoms with E-state index in [1.165, 1.54) is 17.2 Å². The van der Waals surface area contributed by atoms with Crippen LogP contribution in [0.5, 0.6) is 0 Å². The van der Waals surface area contributed by atoms with Gasteiger partial charge in [0.25, 0.3) is 5.91 Å². The van der Waals surface area contributed by atoms with Gasteiger partial charge in [-0.1, -0.05) is 0 Å². The quantitative estimate of drug-likeness (QED) is 0.608. The number of carbonyl (C=O) groups is 2. The molecule has 1 fully saturated rings. The number of benzene rings is 1. The van der Waals surface area contributed by atoms with Crippen molar-refractivity contribution in [3.05, 3.63) is 71.2 Å². The lowest BCUT2D eigenvalue weighted by Gasteiger charge is -2.43. The van der Waals surface area contributed by atoms with Gasteiger partial charge in [0.05, 0.1) is 30.5 Å². The number of aromatic amines is 1. The van der Waals surface area contributed by atoms with Gasteiger partial charge >= 0.3 is 5.97 Å². The van der Waals surface area contributed by atoms with E-state index in [2.05, 4.69) is 9.97 Å². The molecule has 4 heterocycles. The number of amides is 1. The number of nitrogens with zero attached hydrogens (tertiary/aromatic N) is 2. The summed E-state index contributed by atoms with van der Waals surface area (Å²) in [5.41, 5.74) is 0.967. The van der Waals surface area contributed by atoms with Crippen LogP contribution in [-0.4, -0.2) is 46.0 Å². The predicted octanol–water partition coefficient (Wildman–Crippen LogP) is 3.91. The molecule has 0 bridgehead atoms. The number of aromatic nitrogens is 2. The number of hydrogen-bond acceptors (Lipinski definition) is 5. The Bertz CT molecular complexity index is 1310. The Hall–Kier alpha value is -3.59. The van der Waals surface area contributed by atoms with Gasteiger partial charge in [-0.05, 0) is 44.2 Å². The number of halogens is 2. The fraction of sp³-hybridized carbons (Fsp3) is 0.292. The Kier molecular flexibility index (Phi) is 5.01. The number of rotatable bonds is 3. The van der Waals surface area contributed by atoms with Gasteiger partial charge in [-0.25, -0.2) is 18.6 Å². The number of ether oxygens (including phenoxy) is 2. The Morgan fingerprint density at radius 2 is 2.03 bits per heavy atom. The summed E-state index contributed by atoms with van der Waals surface area (Å²) in [7, 11) is 0. The maximum atomic E-state index is 13.8. The van der Waals surface area contributed by atoms with Crippen molar-refractivity contribution in [1.82, 2.24) is 14.9 Å². The number of fused-ring (bicyclic) bond motifs is 4. The van der Waals surface area contributed by atoms with Gasteiger partial charge in [0.15, 0.2) is 11.6 Å². The summed E-state index contributed by atoms with van der Waals surface area (Å²) in [4.78, 5) is 35.3. The molecular weight excluding hydrogens is 432 g/mol. The van der Waals surface area contributed by atoms with Gasteiger partial charge in [0.2, 0.25) is 0 Å². The smallest absolute Gasteiger partial charge is 0.342 e. The van der Waals surface area contributed by atoms with Crippen LogP contribution in [0.1, 0.15) is 41.9 Å². The van der Waals surface area contributed by atoms with Crippen LogP contribution >= 0.6 is 0 Å². The molecule has 3 aromatic rings. The van der Waals surface area contributed by atoms with Gasteiger partial charge in [-0.3, -0.25) is 4.79 Å². The zero-order chi connectivity index (χ0) is 23.3. The molecule has 5 rings (SSSR count). The fourth-order valence-electron chi connectivity index (χ4n) is 4.35. The first-order chi connectivity index (χ1) is 15.8. The van der Waals surface area contributed by atoms with Crippen molar-refractivity contribution in [3.8, 4) is 0 Å². The van der Waals surface area contributed by atoms with E-state index < -0.39 is 35.2 Å². The second-order valence-electron chi connectivity index (χ2n) is 8.43. The molecule has 1 atom stereocenters. The summed E-state index contributed by atoms with van der Waals surface area (Å²) in [6.07, 6.45) is 3.24. The summed E-state index contributed by atoms with van der Waals surface area (Å²) < 4.78 is 38.8. The van der Waals surface area contributed by atoms with E-state index in [0.717, 1.165) is 23.1 Å². The maximum Gasteiger partial charge on any atom is 0.342 e. The standard InChI is InChI=1S/C24H21F2N3O4/c1-13(2)33-23(31)16-11-29(22(30)14-5-6-17(25)18(26)10-14)12-24(7-9-32-24)19-15-4-3-8-27-21(15)28-20(16)19/h3-6,8,10-11,13H,7,9,12H2,1-2H3,(H,27,28). The van der Waals surface area contributed by atoms with Crippen molar-refractivity contribution in [1.29, 1.82) is 0 Å². The second-order valence-corrected chi connectivity index (χ2v) is 8.43. The zero-order valence-electron chi connectivity index (χ0n) is 18.0. The number of hydrogen-bond donors (Lipinski definition) is 1. The van der Waals surface area contributed by atoms with Crippen molar-refractivity contribution in [3.63, 3.8) is 0 Å². The molecular formula is C24H21F2N3O4. The minimum Gasteiger partial charge on any atom is -0.459 e. The highest BCUT2D eigenvalue weighted by atomic mass is 19.2. The van der Waals surface area contributed by atoms with Crippen LogP contribution in [-0.2, 0) is 19.9 Å². The van der Waals surface area contributed by atoms with Gasteiger partial charge in [0, 0.05) is 35.3 Å². The minimum atomic E-state index is -1.13. The molecule has 7 nitrogen and oxygen atoms in total. The molecule has 170 valence electrons. The highest BCUT2D eigenvalue weighted by molar-refractivity contribution is 6.18. The molecule has 1 aromatic carbocycles. The highest BCUT2D eigenvalue weighted by Gasteiger charge is 2.49. The molecule has 2 aliphatic heterocycles. The summed E-state index contributed by atoms with van der Waals surface area (Å²) >= 11 is 0. The number of nitrogens with one attached hydrogen (secondary N) is 1. The highest BCUT2D eigenvalue weighted by Crippen LogP contribution is 2.47. The van der Waals surface area contributed by atoms with E-state index in [1.54, 1.807) is 26.1 Å². The lowest BCUT2D eigenvalue weighted by atomic mass is 9.83. The van der Waals surface area contributed by atoms with Crippen LogP contribution in [0.25, 0.3) is 16.6 Å². The summed E-state index contributed by atoms with van der Waals surface area (Å²) in [5, 5.41) is 0.776. The van der Waals surface area contributed by atoms with Crippen molar-refractivity contribution >= 4 is 28.5 Å². The Labute approximate surface area is 188 Å². The molecule has 2 aromatic heterocycles. The molecule has 1 saturated heterocycles. The van der Waals surface area contributed by atoms with Crippen LogP contribution in [0.3, 0.4) is 0 Å². The van der Waals surface area contributed by atoms with E-state index in [1.807, 2.05) is 6.07 Å². The normalized spacial score (nSPS) is 19.8. The molecule has 2 aliphatic rings. The molecule has 9 heteroatoms. The van der Waals surface area contributed by atoms with E-state index in [9.17, 15) is 18.4 Å². The topological polar surface area (TPSA) is 84.5 Å². The van der Waals surface area contributed by atoms with Crippen LogP contribution in [0.15, 0.2) is 42.7 Å². The third-order valence-corrected chi connectivity index (χ3v) is 5.88. The van der Waals surface area contributed by atoms with Crippen LogP contribution in [0, 0.1) is 11.6 Å². The zero-order valence-corrected chi connectivity index (χ0v) is 18.0. The van der Waals surface area contributed by atoms with E-state index in [4.69, 9.17) is 9.47 Å². The average Bonchev–Trinajstić information content (AvgIpc) is 3.05. The number of H-pyrrole nitrogens is 1. The van der Waals surface area contributed by atoms with Crippen molar-refractivity contribution < 1.29 is 27.8 Å². The Morgan fingerprint density at radius 1 is 1.24 bits per heavy atom. The van der Waals surface area contributed by atoms with Gasteiger partial charge in [-0.2, -0.15) is 0 Å². The van der Waals surface area contributed by atoms with Gasteiger partial charge in [0.1, 0.15) is 11.2 Å². The maximum absolute atomic E-state index is 13.8. The Balaban J connectivity index is 1.68. The molecule has 1 spiro atoms. The van der Waals surface area contributed by atoms with E-state index in [-0.39, 0.29) is 17.7 Å². The molecule has 0 saturated carbocycles. The second kappa shape index (κ2) is 7.77. The van der Waals surface area contributed by atoms with Crippen molar-refractivity contribution in [2.24, 2.45) is 0 Å². The molecule has 33 heavy (non-hydrogen) atoms. The lowest BCUT2D eigenvalue weighted by Crippen LogP contribution is -2.49. The number of carbonyl (C=O) groups excluding carboxylic acids is 2. The van der Waals surface area contributed by atoms with Gasteiger partial charge in [-0.15, -0.1) is 0 Å². The molecule has 0 aliphatic carbocycles. The predicted molar refractivity (Wildman–Crippen MR) is 115 cm³/mol. The SMILES string of the molecule is CC(C)OC(=O)C1=CN(C(=O)c2ccc(F)c(F)c2)CC2(CCO2)c2c1[nH]c1ncccc21. The first-order valence-electron chi connectivity index (χ1n) is 10.6. The number of pyridine rings is 1. The minimum absolute atomic E-state index is 0.0479. The summed E-state index contributed by atoms with van der Waals surface area (Å²) in [6.45, 7) is 4.01. The summed E-state index contributed by atoms with van der Waals surface area (Å²) in [5.74, 6) is -3.40. The lowest BCUT2D eigenvalue weighted by molar-refractivity contribution is -0.158. The molecule has 1 unspecified atom stereocenters. The first-order valence-corrected chi connectivity index (χ1v) is 10.6. The largest absolute Gasteiger partial charge is 0.459 e. The van der Waals surface area contributed by atoms with E-state index in [0.29, 0.717) is 24.4 Å². The number of esters is 1. The molecule has 0 radical (unpaired) electrons. The van der Waals surface area contributed by atoms with Crippen molar-refractivity contribution in [2.45, 2.75) is 32.0 Å². The monoisotopic (exact) mass is 453 g/mol. The Morgan fingerprint density at radius 3 is 2.70 bits per heavy atom. The molecule has 1 amide bonds. The van der Waals surface area contributed by atoms with Crippen molar-refractivity contribution in [2.75, 3.05) is 13.2 Å². The third kappa shape index (κ3) is 3.48.